The molecule has 5 nitrogen and oxygen atoms in total. The average Bonchev–Trinajstić information content (AvgIpc) is 2.91. The summed E-state index contributed by atoms with van der Waals surface area (Å²) in [6, 6.07) is 15.8. The summed E-state index contributed by atoms with van der Waals surface area (Å²) in [6.45, 7) is 5.53. The molecule has 1 atom stereocenters. The molecule has 0 aliphatic carbocycles. The molecule has 0 fully saturated rings. The molecule has 0 bridgehead atoms. The third-order valence-electron chi connectivity index (χ3n) is 4.57. The molecule has 0 aliphatic heterocycles. The predicted octanol–water partition coefficient (Wildman–Crippen LogP) is 3.47. The number of benzene rings is 2. The van der Waals surface area contributed by atoms with E-state index in [0.717, 1.165) is 36.2 Å². The number of aliphatic hydroxyl groups excluding tert-OH is 1. The van der Waals surface area contributed by atoms with Crippen molar-refractivity contribution in [3.05, 3.63) is 59.7 Å². The Morgan fingerprint density at radius 2 is 1.69 bits per heavy atom. The first kappa shape index (κ1) is 18.3. The number of nitrogens with one attached hydrogen (secondary N) is 1. The van der Waals surface area contributed by atoms with Gasteiger partial charge in [-0.1, -0.05) is 43.2 Å². The van der Waals surface area contributed by atoms with Crippen molar-refractivity contribution in [1.29, 1.82) is 5.41 Å². The second-order valence-corrected chi connectivity index (χ2v) is 6.71. The Morgan fingerprint density at radius 1 is 1.04 bits per heavy atom. The van der Waals surface area contributed by atoms with E-state index < -0.39 is 6.10 Å². The number of ether oxygens (including phenoxy) is 1. The van der Waals surface area contributed by atoms with Gasteiger partial charge in [-0.15, -0.1) is 0 Å². The van der Waals surface area contributed by atoms with Gasteiger partial charge in [-0.25, -0.2) is 0 Å². The van der Waals surface area contributed by atoms with Crippen molar-refractivity contribution in [1.82, 2.24) is 9.13 Å². The quantitative estimate of drug-likeness (QED) is 0.651. The van der Waals surface area contributed by atoms with E-state index in [1.807, 2.05) is 64.6 Å². The Bertz CT molecular complexity index is 909. The maximum atomic E-state index is 10.4. The van der Waals surface area contributed by atoms with Gasteiger partial charge < -0.3 is 19.0 Å². The van der Waals surface area contributed by atoms with Crippen LogP contribution in [0.4, 0.5) is 0 Å². The summed E-state index contributed by atoms with van der Waals surface area (Å²) in [6.07, 6.45) is 1.43. The van der Waals surface area contributed by atoms with Gasteiger partial charge in [0, 0.05) is 6.54 Å². The first-order valence-electron chi connectivity index (χ1n) is 9.20. The fourth-order valence-corrected chi connectivity index (χ4v) is 3.11. The summed E-state index contributed by atoms with van der Waals surface area (Å²) < 4.78 is 9.58. The van der Waals surface area contributed by atoms with Crippen molar-refractivity contribution in [3.8, 4) is 5.75 Å². The summed E-state index contributed by atoms with van der Waals surface area (Å²) in [5.41, 5.74) is 3.61. The molecule has 0 radical (unpaired) electrons. The number of nitrogens with zero attached hydrogens (tertiary/aromatic N) is 2. The molecule has 138 valence electrons. The van der Waals surface area contributed by atoms with E-state index in [2.05, 4.69) is 6.92 Å². The zero-order valence-electron chi connectivity index (χ0n) is 15.5. The van der Waals surface area contributed by atoms with Crippen LogP contribution in [0.5, 0.6) is 5.75 Å². The van der Waals surface area contributed by atoms with Gasteiger partial charge in [-0.3, -0.25) is 5.41 Å². The number of hydrogen-bond acceptors (Lipinski definition) is 3. The lowest BCUT2D eigenvalue weighted by Gasteiger charge is -2.14. The largest absolute Gasteiger partial charge is 0.491 e. The molecule has 0 saturated carbocycles. The standard InChI is InChI=1S/C21H27N3O2/c1-3-4-13-23-19-7-5-6-8-20(19)24(21(23)22)14-17(25)15-26-18-11-9-16(2)10-12-18/h5-12,17,22,25H,3-4,13-15H2,1-2H3/t17-/m0/s1. The molecule has 0 amide bonds. The van der Waals surface area contributed by atoms with Gasteiger partial charge in [0.1, 0.15) is 18.5 Å². The van der Waals surface area contributed by atoms with E-state index in [0.29, 0.717) is 12.2 Å². The fourth-order valence-electron chi connectivity index (χ4n) is 3.11. The number of rotatable bonds is 8. The topological polar surface area (TPSA) is 63.2 Å². The van der Waals surface area contributed by atoms with Crippen LogP contribution in [0.3, 0.4) is 0 Å². The number of para-hydroxylation sites is 2. The van der Waals surface area contributed by atoms with Crippen LogP contribution in [0.1, 0.15) is 25.3 Å². The summed E-state index contributed by atoms with van der Waals surface area (Å²) in [5, 5.41) is 19.0. The minimum Gasteiger partial charge on any atom is -0.491 e. The molecule has 1 heterocycles. The Hall–Kier alpha value is -2.53. The van der Waals surface area contributed by atoms with E-state index in [1.54, 1.807) is 0 Å². The minimum absolute atomic E-state index is 0.198. The number of hydrogen-bond donors (Lipinski definition) is 2. The van der Waals surface area contributed by atoms with E-state index in [-0.39, 0.29) is 6.61 Å². The van der Waals surface area contributed by atoms with E-state index >= 15 is 0 Å². The first-order chi connectivity index (χ1) is 12.6. The van der Waals surface area contributed by atoms with Gasteiger partial charge in [0.25, 0.3) is 0 Å². The third kappa shape index (κ3) is 3.99. The highest BCUT2D eigenvalue weighted by molar-refractivity contribution is 5.75. The number of aromatic nitrogens is 2. The maximum Gasteiger partial charge on any atom is 0.203 e. The van der Waals surface area contributed by atoms with Crippen LogP contribution in [0.25, 0.3) is 11.0 Å². The van der Waals surface area contributed by atoms with Gasteiger partial charge >= 0.3 is 0 Å². The summed E-state index contributed by atoms with van der Waals surface area (Å²) >= 11 is 0. The Kier molecular flexibility index (Phi) is 5.78. The molecule has 1 aromatic heterocycles. The molecular weight excluding hydrogens is 326 g/mol. The highest BCUT2D eigenvalue weighted by Gasteiger charge is 2.14. The molecule has 5 heteroatoms. The van der Waals surface area contributed by atoms with Gasteiger partial charge in [0.05, 0.1) is 17.6 Å². The molecule has 0 aliphatic rings. The van der Waals surface area contributed by atoms with Gasteiger partial charge in [0.15, 0.2) is 0 Å². The number of aliphatic hydroxyl groups is 1. The lowest BCUT2D eigenvalue weighted by atomic mass is 10.2. The molecule has 0 spiro atoms. The zero-order valence-corrected chi connectivity index (χ0v) is 15.5. The van der Waals surface area contributed by atoms with Crippen LogP contribution in [0.2, 0.25) is 0 Å². The molecule has 2 aromatic carbocycles. The van der Waals surface area contributed by atoms with Gasteiger partial charge in [-0.2, -0.15) is 0 Å². The van der Waals surface area contributed by atoms with Crippen LogP contribution in [0.15, 0.2) is 48.5 Å². The predicted molar refractivity (Wildman–Crippen MR) is 103 cm³/mol. The molecule has 0 unspecified atom stereocenters. The van der Waals surface area contributed by atoms with Crippen molar-refractivity contribution in [3.63, 3.8) is 0 Å². The number of fused-ring (bicyclic) bond motifs is 1. The van der Waals surface area contributed by atoms with Crippen molar-refractivity contribution in [2.45, 2.75) is 45.9 Å². The van der Waals surface area contributed by atoms with Crippen LogP contribution < -0.4 is 10.4 Å². The van der Waals surface area contributed by atoms with Crippen LogP contribution in [0, 0.1) is 12.3 Å². The van der Waals surface area contributed by atoms with E-state index in [9.17, 15) is 5.11 Å². The molecule has 26 heavy (non-hydrogen) atoms. The van der Waals surface area contributed by atoms with Gasteiger partial charge in [0.2, 0.25) is 5.62 Å². The summed E-state index contributed by atoms with van der Waals surface area (Å²) in [5.74, 6) is 0.746. The second kappa shape index (κ2) is 8.23. The highest BCUT2D eigenvalue weighted by atomic mass is 16.5. The van der Waals surface area contributed by atoms with Crippen molar-refractivity contribution in [2.75, 3.05) is 6.61 Å². The summed E-state index contributed by atoms with van der Waals surface area (Å²) in [4.78, 5) is 0. The molecule has 3 aromatic rings. The van der Waals surface area contributed by atoms with Gasteiger partial charge in [-0.05, 0) is 37.6 Å². The van der Waals surface area contributed by atoms with Crippen molar-refractivity contribution < 1.29 is 9.84 Å². The first-order valence-corrected chi connectivity index (χ1v) is 9.20. The normalized spacial score (nSPS) is 12.4. The van der Waals surface area contributed by atoms with Crippen molar-refractivity contribution in [2.24, 2.45) is 0 Å². The lowest BCUT2D eigenvalue weighted by Crippen LogP contribution is -2.31. The van der Waals surface area contributed by atoms with Crippen molar-refractivity contribution >= 4 is 11.0 Å². The van der Waals surface area contributed by atoms with Crippen LogP contribution >= 0.6 is 0 Å². The van der Waals surface area contributed by atoms with Crippen LogP contribution in [-0.4, -0.2) is 27.0 Å². The molecular formula is C21H27N3O2. The van der Waals surface area contributed by atoms with Crippen LogP contribution in [-0.2, 0) is 13.1 Å². The number of imidazole rings is 1. The fraction of sp³-hybridized carbons (Fsp3) is 0.381. The Balaban J connectivity index is 1.76. The molecule has 2 N–H and O–H groups in total. The summed E-state index contributed by atoms with van der Waals surface area (Å²) in [7, 11) is 0. The number of unbranched alkanes of at least 4 members (excludes halogenated alkanes) is 1. The molecule has 0 saturated heterocycles. The van der Waals surface area contributed by atoms with E-state index in [4.69, 9.17) is 10.1 Å². The average molecular weight is 353 g/mol. The third-order valence-corrected chi connectivity index (χ3v) is 4.57. The minimum atomic E-state index is -0.684. The smallest absolute Gasteiger partial charge is 0.203 e. The maximum absolute atomic E-state index is 10.4. The lowest BCUT2D eigenvalue weighted by molar-refractivity contribution is 0.0921. The SMILES string of the molecule is CCCCn1c(=N)n(C[C@H](O)COc2ccc(C)cc2)c2ccccc21. The number of aryl methyl sites for hydroxylation is 2. The Labute approximate surface area is 154 Å². The Morgan fingerprint density at radius 3 is 2.35 bits per heavy atom. The van der Waals surface area contributed by atoms with E-state index in [1.165, 1.54) is 5.56 Å². The zero-order chi connectivity index (χ0) is 18.5. The monoisotopic (exact) mass is 353 g/mol. The second-order valence-electron chi connectivity index (χ2n) is 6.71. The molecule has 3 rings (SSSR count). The highest BCUT2D eigenvalue weighted by Crippen LogP contribution is 2.15.